The molecule has 0 bridgehead atoms. The Labute approximate surface area is 113 Å². The van der Waals surface area contributed by atoms with Crippen molar-refractivity contribution in [1.82, 2.24) is 15.2 Å². The van der Waals surface area contributed by atoms with Gasteiger partial charge in [-0.05, 0) is 24.9 Å². The van der Waals surface area contributed by atoms with Gasteiger partial charge in [-0.1, -0.05) is 13.8 Å². The van der Waals surface area contributed by atoms with Gasteiger partial charge < -0.3 is 10.2 Å². The molecule has 2 rings (SSSR count). The van der Waals surface area contributed by atoms with Crippen LogP contribution in [0.2, 0.25) is 0 Å². The summed E-state index contributed by atoms with van der Waals surface area (Å²) in [5, 5.41) is 3.42. The smallest absolute Gasteiger partial charge is 0.256 e. The van der Waals surface area contributed by atoms with Crippen molar-refractivity contribution in [1.29, 1.82) is 0 Å². The third-order valence-electron chi connectivity index (χ3n) is 3.66. The lowest BCUT2D eigenvalue weighted by Crippen LogP contribution is -2.50. The van der Waals surface area contributed by atoms with E-state index in [0.29, 0.717) is 25.0 Å². The molecule has 0 saturated carbocycles. The standard InChI is InChI=1S/C14H20FN3O/c1-3-17-13-5-7-18(9-10(13)2)14(19)11-4-6-16-8-12(11)15/h4,6,8,10,13,17H,3,5,7,9H2,1-2H3. The van der Waals surface area contributed by atoms with E-state index in [1.165, 1.54) is 12.3 Å². The Morgan fingerprint density at radius 2 is 2.42 bits per heavy atom. The van der Waals surface area contributed by atoms with Crippen molar-refractivity contribution in [3.63, 3.8) is 0 Å². The van der Waals surface area contributed by atoms with Gasteiger partial charge in [-0.15, -0.1) is 0 Å². The largest absolute Gasteiger partial charge is 0.338 e. The summed E-state index contributed by atoms with van der Waals surface area (Å²) in [7, 11) is 0. The number of piperidine rings is 1. The Balaban J connectivity index is 2.04. The Morgan fingerprint density at radius 1 is 1.63 bits per heavy atom. The van der Waals surface area contributed by atoms with Crippen LogP contribution in [0.25, 0.3) is 0 Å². The lowest BCUT2D eigenvalue weighted by atomic mass is 9.93. The van der Waals surface area contributed by atoms with E-state index in [4.69, 9.17) is 0 Å². The van der Waals surface area contributed by atoms with Gasteiger partial charge in [0.2, 0.25) is 0 Å². The first-order valence-electron chi connectivity index (χ1n) is 6.75. The van der Waals surface area contributed by atoms with Gasteiger partial charge >= 0.3 is 0 Å². The lowest BCUT2D eigenvalue weighted by molar-refractivity contribution is 0.0641. The van der Waals surface area contributed by atoms with Crippen molar-refractivity contribution in [2.75, 3.05) is 19.6 Å². The minimum absolute atomic E-state index is 0.115. The molecule has 1 aromatic heterocycles. The number of amides is 1. The SMILES string of the molecule is CCNC1CCN(C(=O)c2ccncc2F)CC1C. The lowest BCUT2D eigenvalue weighted by Gasteiger charge is -2.37. The zero-order valence-electron chi connectivity index (χ0n) is 11.4. The number of pyridine rings is 1. The van der Waals surface area contributed by atoms with Gasteiger partial charge in [0.15, 0.2) is 5.82 Å². The minimum atomic E-state index is -0.547. The van der Waals surface area contributed by atoms with Crippen LogP contribution >= 0.6 is 0 Å². The molecular formula is C14H20FN3O. The predicted octanol–water partition coefficient (Wildman–Crippen LogP) is 1.68. The molecule has 0 radical (unpaired) electrons. The van der Waals surface area contributed by atoms with E-state index in [9.17, 15) is 9.18 Å². The van der Waals surface area contributed by atoms with Crippen LogP contribution in [0.3, 0.4) is 0 Å². The molecule has 2 heterocycles. The highest BCUT2D eigenvalue weighted by Gasteiger charge is 2.29. The molecule has 0 aromatic carbocycles. The molecular weight excluding hydrogens is 245 g/mol. The maximum absolute atomic E-state index is 13.6. The fraction of sp³-hybridized carbons (Fsp3) is 0.571. The highest BCUT2D eigenvalue weighted by molar-refractivity contribution is 5.94. The summed E-state index contributed by atoms with van der Waals surface area (Å²) in [4.78, 5) is 17.7. The van der Waals surface area contributed by atoms with E-state index in [1.807, 2.05) is 0 Å². The van der Waals surface area contributed by atoms with Gasteiger partial charge in [0.25, 0.3) is 5.91 Å². The molecule has 0 aliphatic carbocycles. The fourth-order valence-electron chi connectivity index (χ4n) is 2.61. The quantitative estimate of drug-likeness (QED) is 0.904. The fourth-order valence-corrected chi connectivity index (χ4v) is 2.61. The zero-order valence-corrected chi connectivity index (χ0v) is 11.4. The second-order valence-corrected chi connectivity index (χ2v) is 5.04. The van der Waals surface area contributed by atoms with Crippen molar-refractivity contribution in [3.05, 3.63) is 29.8 Å². The summed E-state index contributed by atoms with van der Waals surface area (Å²) in [6.07, 6.45) is 3.45. The van der Waals surface area contributed by atoms with Gasteiger partial charge in [0.1, 0.15) is 0 Å². The third kappa shape index (κ3) is 3.10. The van der Waals surface area contributed by atoms with E-state index in [0.717, 1.165) is 19.2 Å². The molecule has 1 fully saturated rings. The van der Waals surface area contributed by atoms with E-state index in [-0.39, 0.29) is 11.5 Å². The first kappa shape index (κ1) is 13.9. The maximum Gasteiger partial charge on any atom is 0.256 e. The number of hydrogen-bond donors (Lipinski definition) is 1. The number of nitrogens with one attached hydrogen (secondary N) is 1. The number of nitrogens with zero attached hydrogens (tertiary/aromatic N) is 2. The number of rotatable bonds is 3. The highest BCUT2D eigenvalue weighted by Crippen LogP contribution is 2.19. The van der Waals surface area contributed by atoms with Crippen LogP contribution in [-0.4, -0.2) is 41.5 Å². The molecule has 2 atom stereocenters. The van der Waals surface area contributed by atoms with Crippen molar-refractivity contribution in [2.45, 2.75) is 26.3 Å². The average Bonchev–Trinajstić information content (AvgIpc) is 2.41. The van der Waals surface area contributed by atoms with Crippen LogP contribution in [0.4, 0.5) is 4.39 Å². The summed E-state index contributed by atoms with van der Waals surface area (Å²) in [5.41, 5.74) is 0.115. The Bertz CT molecular complexity index is 452. The normalized spacial score (nSPS) is 23.4. The molecule has 0 spiro atoms. The van der Waals surface area contributed by atoms with E-state index in [1.54, 1.807) is 4.90 Å². The summed E-state index contributed by atoms with van der Waals surface area (Å²) in [6.45, 7) is 6.47. The molecule has 2 unspecified atom stereocenters. The molecule has 1 aliphatic heterocycles. The summed E-state index contributed by atoms with van der Waals surface area (Å²) in [6, 6.07) is 1.88. The third-order valence-corrected chi connectivity index (χ3v) is 3.66. The molecule has 104 valence electrons. The number of hydrogen-bond acceptors (Lipinski definition) is 3. The first-order chi connectivity index (χ1) is 9.13. The minimum Gasteiger partial charge on any atom is -0.338 e. The van der Waals surface area contributed by atoms with Crippen molar-refractivity contribution in [3.8, 4) is 0 Å². The topological polar surface area (TPSA) is 45.2 Å². The second-order valence-electron chi connectivity index (χ2n) is 5.04. The summed E-state index contributed by atoms with van der Waals surface area (Å²) >= 11 is 0. The van der Waals surface area contributed by atoms with Crippen LogP contribution in [0.5, 0.6) is 0 Å². The molecule has 1 N–H and O–H groups in total. The molecule has 1 aromatic rings. The zero-order chi connectivity index (χ0) is 13.8. The molecule has 5 heteroatoms. The van der Waals surface area contributed by atoms with Crippen LogP contribution in [-0.2, 0) is 0 Å². The number of likely N-dealkylation sites (tertiary alicyclic amines) is 1. The predicted molar refractivity (Wildman–Crippen MR) is 71.3 cm³/mol. The molecule has 19 heavy (non-hydrogen) atoms. The Kier molecular flexibility index (Phi) is 4.47. The number of carbonyl (C=O) groups excluding carboxylic acids is 1. The monoisotopic (exact) mass is 265 g/mol. The summed E-state index contributed by atoms with van der Waals surface area (Å²) < 4.78 is 13.6. The van der Waals surface area contributed by atoms with Crippen molar-refractivity contribution < 1.29 is 9.18 Å². The average molecular weight is 265 g/mol. The molecule has 1 amide bonds. The second kappa shape index (κ2) is 6.10. The highest BCUT2D eigenvalue weighted by atomic mass is 19.1. The first-order valence-corrected chi connectivity index (χ1v) is 6.75. The van der Waals surface area contributed by atoms with E-state index in [2.05, 4.69) is 24.1 Å². The Morgan fingerprint density at radius 3 is 3.05 bits per heavy atom. The van der Waals surface area contributed by atoms with Gasteiger partial charge in [-0.3, -0.25) is 9.78 Å². The van der Waals surface area contributed by atoms with Crippen LogP contribution in [0, 0.1) is 11.7 Å². The van der Waals surface area contributed by atoms with Crippen molar-refractivity contribution in [2.24, 2.45) is 5.92 Å². The van der Waals surface area contributed by atoms with Crippen LogP contribution in [0.15, 0.2) is 18.5 Å². The van der Waals surface area contributed by atoms with Gasteiger partial charge in [-0.2, -0.15) is 0 Å². The number of carbonyl (C=O) groups is 1. The van der Waals surface area contributed by atoms with Gasteiger partial charge in [0.05, 0.1) is 11.8 Å². The molecule has 1 aliphatic rings. The Hall–Kier alpha value is -1.49. The summed E-state index contributed by atoms with van der Waals surface area (Å²) in [5.74, 6) is -0.404. The number of aromatic nitrogens is 1. The van der Waals surface area contributed by atoms with E-state index < -0.39 is 5.82 Å². The number of halogens is 1. The van der Waals surface area contributed by atoms with Gasteiger partial charge in [0, 0.05) is 25.3 Å². The van der Waals surface area contributed by atoms with Gasteiger partial charge in [-0.25, -0.2) is 4.39 Å². The van der Waals surface area contributed by atoms with Crippen LogP contribution < -0.4 is 5.32 Å². The maximum atomic E-state index is 13.6. The van der Waals surface area contributed by atoms with Crippen LogP contribution in [0.1, 0.15) is 30.6 Å². The molecule has 4 nitrogen and oxygen atoms in total. The van der Waals surface area contributed by atoms with Crippen molar-refractivity contribution >= 4 is 5.91 Å². The molecule has 1 saturated heterocycles. The van der Waals surface area contributed by atoms with E-state index >= 15 is 0 Å².